The predicted octanol–water partition coefficient (Wildman–Crippen LogP) is 3.41. The van der Waals surface area contributed by atoms with Crippen molar-refractivity contribution in [1.29, 1.82) is 0 Å². The van der Waals surface area contributed by atoms with Crippen molar-refractivity contribution in [3.8, 4) is 0 Å². The fraction of sp³-hybridized carbons (Fsp3) is 0.588. The van der Waals surface area contributed by atoms with Crippen LogP contribution < -0.4 is 5.32 Å². The first-order chi connectivity index (χ1) is 10.8. The van der Waals surface area contributed by atoms with Gasteiger partial charge in [-0.15, -0.1) is 24.0 Å². The Bertz CT molecular complexity index is 583. The van der Waals surface area contributed by atoms with Crippen molar-refractivity contribution in [2.45, 2.75) is 38.7 Å². The third-order valence-corrected chi connectivity index (χ3v) is 4.39. The van der Waals surface area contributed by atoms with E-state index in [4.69, 9.17) is 16.6 Å². The summed E-state index contributed by atoms with van der Waals surface area (Å²) in [4.78, 5) is 6.78. The van der Waals surface area contributed by atoms with Gasteiger partial charge >= 0.3 is 0 Å². The number of aliphatic hydroxyl groups excluding tert-OH is 1. The summed E-state index contributed by atoms with van der Waals surface area (Å²) in [5.74, 6) is 0.466. The van der Waals surface area contributed by atoms with E-state index in [-0.39, 0.29) is 41.3 Å². The first-order valence-electron chi connectivity index (χ1n) is 8.00. The number of aliphatic hydroxyl groups is 1. The fourth-order valence-corrected chi connectivity index (χ4v) is 3.18. The molecule has 1 aromatic carbocycles. The maximum atomic E-state index is 13.2. The molecular weight excluding hydrogens is 444 g/mol. The van der Waals surface area contributed by atoms with E-state index in [0.29, 0.717) is 18.1 Å². The van der Waals surface area contributed by atoms with Gasteiger partial charge in [0.2, 0.25) is 0 Å². The molecule has 0 aliphatic carbocycles. The Labute approximate surface area is 165 Å². The van der Waals surface area contributed by atoms with Crippen LogP contribution in [0.3, 0.4) is 0 Å². The number of hydrogen-bond acceptors (Lipinski definition) is 2. The molecule has 7 heteroatoms. The highest BCUT2D eigenvalue weighted by molar-refractivity contribution is 14.0. The van der Waals surface area contributed by atoms with E-state index < -0.39 is 0 Å². The van der Waals surface area contributed by atoms with E-state index in [2.05, 4.69) is 10.2 Å². The highest BCUT2D eigenvalue weighted by Gasteiger charge is 2.26. The van der Waals surface area contributed by atoms with Gasteiger partial charge < -0.3 is 15.3 Å². The second-order valence-electron chi connectivity index (χ2n) is 6.57. The van der Waals surface area contributed by atoms with Crippen LogP contribution in [-0.4, -0.2) is 48.2 Å². The van der Waals surface area contributed by atoms with Gasteiger partial charge in [-0.3, -0.25) is 4.99 Å². The lowest BCUT2D eigenvalue weighted by molar-refractivity contribution is 0.187. The SMILES string of the molecule is CCNC(=NCC(C)(C)c1ccc(F)cc1Cl)N1CC[C@@H](O)C1.I. The average Bonchev–Trinajstić information content (AvgIpc) is 2.89. The fourth-order valence-electron chi connectivity index (χ4n) is 2.76. The van der Waals surface area contributed by atoms with Crippen LogP contribution in [0.15, 0.2) is 23.2 Å². The smallest absolute Gasteiger partial charge is 0.194 e. The zero-order chi connectivity index (χ0) is 17.0. The van der Waals surface area contributed by atoms with Gasteiger partial charge in [-0.25, -0.2) is 4.39 Å². The molecule has 2 rings (SSSR count). The van der Waals surface area contributed by atoms with Crippen LogP contribution in [0.4, 0.5) is 4.39 Å². The highest BCUT2D eigenvalue weighted by atomic mass is 127. The number of guanidine groups is 1. The third-order valence-electron chi connectivity index (χ3n) is 4.08. The Balaban J connectivity index is 0.00000288. The van der Waals surface area contributed by atoms with Crippen molar-refractivity contribution in [1.82, 2.24) is 10.2 Å². The molecular formula is C17H26ClFIN3O. The van der Waals surface area contributed by atoms with E-state index in [0.717, 1.165) is 31.0 Å². The van der Waals surface area contributed by atoms with Crippen molar-refractivity contribution in [3.63, 3.8) is 0 Å². The molecule has 1 aliphatic heterocycles. The number of nitrogens with one attached hydrogen (secondary N) is 1. The van der Waals surface area contributed by atoms with Crippen LogP contribution in [-0.2, 0) is 5.41 Å². The molecule has 1 aromatic rings. The summed E-state index contributed by atoms with van der Waals surface area (Å²) in [5.41, 5.74) is 0.561. The molecule has 136 valence electrons. The standard InChI is InChI=1S/C17H25ClFN3O.HI/c1-4-20-16(22-8-7-13(23)10-22)21-11-17(2,3)14-6-5-12(19)9-15(14)18;/h5-6,9,13,23H,4,7-8,10-11H2,1-3H3,(H,20,21);1H/t13-;/m1./s1. The summed E-state index contributed by atoms with van der Waals surface area (Å²) in [5, 5.41) is 13.4. The number of nitrogens with zero attached hydrogens (tertiary/aromatic N) is 2. The molecule has 1 fully saturated rings. The molecule has 1 saturated heterocycles. The third kappa shape index (κ3) is 5.46. The normalized spacial score (nSPS) is 18.5. The van der Waals surface area contributed by atoms with Gasteiger partial charge in [-0.05, 0) is 31.0 Å². The second kappa shape index (κ2) is 9.20. The van der Waals surface area contributed by atoms with E-state index in [9.17, 15) is 9.50 Å². The number of β-amino-alcohol motifs (C(OH)–C–C–N with tert-alkyl or cyclic N) is 1. The Hall–Kier alpha value is -0.600. The minimum absolute atomic E-state index is 0. The summed E-state index contributed by atoms with van der Waals surface area (Å²) in [7, 11) is 0. The largest absolute Gasteiger partial charge is 0.391 e. The molecule has 4 nitrogen and oxygen atoms in total. The quantitative estimate of drug-likeness (QED) is 0.404. The molecule has 0 amide bonds. The maximum absolute atomic E-state index is 13.2. The molecule has 2 N–H and O–H groups in total. The second-order valence-corrected chi connectivity index (χ2v) is 6.97. The molecule has 0 spiro atoms. The van der Waals surface area contributed by atoms with Gasteiger partial charge in [0, 0.05) is 30.1 Å². The zero-order valence-electron chi connectivity index (χ0n) is 14.4. The first kappa shape index (κ1) is 21.4. The monoisotopic (exact) mass is 469 g/mol. The van der Waals surface area contributed by atoms with E-state index in [1.165, 1.54) is 12.1 Å². The maximum Gasteiger partial charge on any atom is 0.194 e. The highest BCUT2D eigenvalue weighted by Crippen LogP contribution is 2.30. The summed E-state index contributed by atoms with van der Waals surface area (Å²) < 4.78 is 13.2. The average molecular weight is 470 g/mol. The lowest BCUT2D eigenvalue weighted by atomic mass is 9.84. The lowest BCUT2D eigenvalue weighted by Crippen LogP contribution is -2.41. The molecule has 0 saturated carbocycles. The number of rotatable bonds is 4. The Morgan fingerprint density at radius 1 is 1.50 bits per heavy atom. The summed E-state index contributed by atoms with van der Waals surface area (Å²) in [6, 6.07) is 4.48. The van der Waals surface area contributed by atoms with Crippen LogP contribution in [0.5, 0.6) is 0 Å². The number of hydrogen-bond donors (Lipinski definition) is 2. The van der Waals surface area contributed by atoms with Gasteiger partial charge in [-0.1, -0.05) is 31.5 Å². The van der Waals surface area contributed by atoms with Gasteiger partial charge in [-0.2, -0.15) is 0 Å². The van der Waals surface area contributed by atoms with Crippen molar-refractivity contribution in [3.05, 3.63) is 34.6 Å². The van der Waals surface area contributed by atoms with Gasteiger partial charge in [0.1, 0.15) is 5.82 Å². The van der Waals surface area contributed by atoms with E-state index in [1.807, 2.05) is 20.8 Å². The van der Waals surface area contributed by atoms with Gasteiger partial charge in [0.05, 0.1) is 12.6 Å². The molecule has 24 heavy (non-hydrogen) atoms. The molecule has 1 aliphatic rings. The summed E-state index contributed by atoms with van der Waals surface area (Å²) >= 11 is 6.19. The van der Waals surface area contributed by atoms with Crippen LogP contribution in [0.2, 0.25) is 5.02 Å². The summed E-state index contributed by atoms with van der Waals surface area (Å²) in [6.07, 6.45) is 0.468. The Morgan fingerprint density at radius 2 is 2.21 bits per heavy atom. The minimum atomic E-state index is -0.336. The van der Waals surface area contributed by atoms with Gasteiger partial charge in [0.15, 0.2) is 5.96 Å². The van der Waals surface area contributed by atoms with Crippen LogP contribution in [0.25, 0.3) is 0 Å². The van der Waals surface area contributed by atoms with Crippen molar-refractivity contribution in [2.24, 2.45) is 4.99 Å². The van der Waals surface area contributed by atoms with E-state index >= 15 is 0 Å². The van der Waals surface area contributed by atoms with Crippen molar-refractivity contribution >= 4 is 41.5 Å². The number of likely N-dealkylation sites (tertiary alicyclic amines) is 1. The number of halogens is 3. The van der Waals surface area contributed by atoms with Gasteiger partial charge in [0.25, 0.3) is 0 Å². The molecule has 1 heterocycles. The Morgan fingerprint density at radius 3 is 2.75 bits per heavy atom. The van der Waals surface area contributed by atoms with Crippen molar-refractivity contribution < 1.29 is 9.50 Å². The number of benzene rings is 1. The minimum Gasteiger partial charge on any atom is -0.391 e. The Kier molecular flexibility index (Phi) is 8.22. The lowest BCUT2D eigenvalue weighted by Gasteiger charge is -2.27. The molecule has 0 bridgehead atoms. The van der Waals surface area contributed by atoms with Crippen LogP contribution >= 0.6 is 35.6 Å². The van der Waals surface area contributed by atoms with Crippen LogP contribution in [0.1, 0.15) is 32.8 Å². The van der Waals surface area contributed by atoms with E-state index in [1.54, 1.807) is 6.07 Å². The zero-order valence-corrected chi connectivity index (χ0v) is 17.4. The molecule has 0 unspecified atom stereocenters. The molecule has 1 atom stereocenters. The predicted molar refractivity (Wildman–Crippen MR) is 108 cm³/mol. The first-order valence-corrected chi connectivity index (χ1v) is 8.38. The summed E-state index contributed by atoms with van der Waals surface area (Å²) in [6.45, 7) is 8.78. The molecule has 0 aromatic heterocycles. The van der Waals surface area contributed by atoms with Crippen LogP contribution in [0, 0.1) is 5.82 Å². The van der Waals surface area contributed by atoms with Crippen molar-refractivity contribution in [2.75, 3.05) is 26.2 Å². The molecule has 0 radical (unpaired) electrons. The number of aliphatic imine (C=N–C) groups is 1. The topological polar surface area (TPSA) is 47.9 Å².